The summed E-state index contributed by atoms with van der Waals surface area (Å²) in [6.45, 7) is 23.5. The number of hydrogen-bond acceptors (Lipinski definition) is 1. The summed E-state index contributed by atoms with van der Waals surface area (Å²) in [5.41, 5.74) is 6.92. The van der Waals surface area contributed by atoms with Gasteiger partial charge in [-0.3, -0.25) is 0 Å². The lowest BCUT2D eigenvalue weighted by atomic mass is 9.80. The summed E-state index contributed by atoms with van der Waals surface area (Å²) in [4.78, 5) is 0. The third-order valence-corrected chi connectivity index (χ3v) is 10.7. The van der Waals surface area contributed by atoms with Crippen LogP contribution in [-0.2, 0) is 19.9 Å². The van der Waals surface area contributed by atoms with E-state index in [2.05, 4.69) is 134 Å². The van der Waals surface area contributed by atoms with Gasteiger partial charge in [0.15, 0.2) is 6.20 Å². The van der Waals surface area contributed by atoms with E-state index in [1.54, 1.807) is 0 Å². The van der Waals surface area contributed by atoms with Crippen molar-refractivity contribution in [1.82, 2.24) is 0 Å². The molecule has 0 unspecified atom stereocenters. The van der Waals surface area contributed by atoms with Crippen molar-refractivity contribution in [2.75, 3.05) is 0 Å². The van der Waals surface area contributed by atoms with Gasteiger partial charge in [0.2, 0.25) is 5.69 Å². The Morgan fingerprint density at radius 3 is 2.10 bits per heavy atom. The highest BCUT2D eigenvalue weighted by Gasteiger charge is 2.34. The van der Waals surface area contributed by atoms with Crippen LogP contribution in [0.25, 0.3) is 43.6 Å². The maximum absolute atomic E-state index is 7.11. The highest BCUT2D eigenvalue weighted by molar-refractivity contribution is 6.88. The summed E-state index contributed by atoms with van der Waals surface area (Å²) in [5, 5.41) is 9.25. The number of pyridine rings is 1. The number of rotatable bonds is 3. The highest BCUT2D eigenvalue weighted by atomic mass is 28.3. The zero-order valence-electron chi connectivity index (χ0n) is 27.0. The lowest BCUT2D eigenvalue weighted by Gasteiger charge is -2.29. The standard InChI is InChI=1S/C38H46NOSi/c1-23-30-18-24(21-37(2,3)4)12-14-28(30)31(22-38(5,6)7)36-33(23)35-34-29(16-17-39(35)8)27-15-13-26(41(9,10)11)19-25(27)20-32(34)40-36/h12-20H,21-22H2,1-11H3/q+1. The molecule has 4 aromatic carbocycles. The van der Waals surface area contributed by atoms with Crippen molar-refractivity contribution >= 4 is 45.6 Å². The monoisotopic (exact) mass is 560 g/mol. The van der Waals surface area contributed by atoms with Crippen molar-refractivity contribution in [2.24, 2.45) is 17.9 Å². The summed E-state index contributed by atoms with van der Waals surface area (Å²) in [6, 6.07) is 18.9. The van der Waals surface area contributed by atoms with E-state index in [-0.39, 0.29) is 10.8 Å². The van der Waals surface area contributed by atoms with E-state index in [1.807, 2.05) is 0 Å². The van der Waals surface area contributed by atoms with E-state index in [0.29, 0.717) is 0 Å². The predicted octanol–water partition coefficient (Wildman–Crippen LogP) is 9.77. The van der Waals surface area contributed by atoms with E-state index in [1.165, 1.54) is 65.5 Å². The summed E-state index contributed by atoms with van der Waals surface area (Å²) >= 11 is 0. The molecular formula is C38H46NOSi+. The van der Waals surface area contributed by atoms with Crippen LogP contribution in [0.3, 0.4) is 0 Å². The Kier molecular flexibility index (Phi) is 6.25. The number of ether oxygens (including phenoxy) is 1. The molecule has 0 aliphatic carbocycles. The first-order valence-corrected chi connectivity index (χ1v) is 18.7. The van der Waals surface area contributed by atoms with Crippen molar-refractivity contribution in [3.8, 4) is 22.8 Å². The second-order valence-electron chi connectivity index (χ2n) is 15.9. The fraction of sp³-hybridized carbons (Fsp3) is 0.395. The molecule has 0 fully saturated rings. The van der Waals surface area contributed by atoms with Gasteiger partial charge in [-0.25, -0.2) is 4.57 Å². The van der Waals surface area contributed by atoms with Crippen LogP contribution in [-0.4, -0.2) is 8.07 Å². The van der Waals surface area contributed by atoms with Gasteiger partial charge in [-0.05, 0) is 69.3 Å². The fourth-order valence-corrected chi connectivity index (χ4v) is 7.96. The molecule has 0 amide bonds. The number of aromatic nitrogens is 1. The van der Waals surface area contributed by atoms with Gasteiger partial charge in [-0.15, -0.1) is 0 Å². The number of nitrogens with zero attached hydrogens (tertiary/aromatic N) is 1. The van der Waals surface area contributed by atoms with Crippen molar-refractivity contribution in [3.05, 3.63) is 71.4 Å². The Morgan fingerprint density at radius 1 is 0.756 bits per heavy atom. The van der Waals surface area contributed by atoms with E-state index in [4.69, 9.17) is 4.74 Å². The second-order valence-corrected chi connectivity index (χ2v) is 21.0. The molecule has 0 bridgehead atoms. The van der Waals surface area contributed by atoms with Crippen LogP contribution in [0.1, 0.15) is 58.2 Å². The molecule has 1 aliphatic heterocycles. The molecule has 212 valence electrons. The molecule has 2 heterocycles. The average molecular weight is 561 g/mol. The summed E-state index contributed by atoms with van der Waals surface area (Å²) in [6.07, 6.45) is 4.25. The quantitative estimate of drug-likeness (QED) is 0.119. The van der Waals surface area contributed by atoms with Gasteiger partial charge >= 0.3 is 0 Å². The highest BCUT2D eigenvalue weighted by Crippen LogP contribution is 2.52. The zero-order valence-corrected chi connectivity index (χ0v) is 28.0. The minimum atomic E-state index is -1.45. The van der Waals surface area contributed by atoms with Gasteiger partial charge in [0, 0.05) is 17.0 Å². The van der Waals surface area contributed by atoms with Crippen molar-refractivity contribution in [1.29, 1.82) is 0 Å². The van der Waals surface area contributed by atoms with Crippen LogP contribution in [0.5, 0.6) is 11.5 Å². The van der Waals surface area contributed by atoms with E-state index in [0.717, 1.165) is 24.3 Å². The molecule has 0 atom stereocenters. The third kappa shape index (κ3) is 4.86. The van der Waals surface area contributed by atoms with Gasteiger partial charge < -0.3 is 4.74 Å². The van der Waals surface area contributed by atoms with Gasteiger partial charge in [-0.2, -0.15) is 0 Å². The molecule has 2 nitrogen and oxygen atoms in total. The molecule has 1 aromatic heterocycles. The Bertz CT molecular complexity index is 1880. The van der Waals surface area contributed by atoms with Gasteiger partial charge in [-0.1, -0.05) is 103 Å². The topological polar surface area (TPSA) is 13.1 Å². The van der Waals surface area contributed by atoms with Crippen molar-refractivity contribution in [2.45, 2.75) is 80.9 Å². The summed E-state index contributed by atoms with van der Waals surface area (Å²) in [7, 11) is 0.742. The molecular weight excluding hydrogens is 515 g/mol. The van der Waals surface area contributed by atoms with E-state index < -0.39 is 8.07 Å². The molecule has 41 heavy (non-hydrogen) atoms. The molecule has 0 spiro atoms. The Hall–Kier alpha value is -3.17. The SMILES string of the molecule is Cc1c2c(c(CC(C)(C)C)c3ccc(CC(C)(C)C)cc13)Oc1cc3cc([Si](C)(C)C)ccc3c3cc[n+](C)c-2c13. The van der Waals surface area contributed by atoms with Crippen LogP contribution in [0.4, 0.5) is 0 Å². The number of hydrogen-bond donors (Lipinski definition) is 0. The van der Waals surface area contributed by atoms with Crippen LogP contribution in [0, 0.1) is 17.8 Å². The Balaban J connectivity index is 1.72. The number of benzene rings is 4. The first-order chi connectivity index (χ1) is 19.0. The number of aryl methyl sites for hydroxylation is 2. The normalized spacial score (nSPS) is 13.6. The third-order valence-electron chi connectivity index (χ3n) is 8.64. The first-order valence-electron chi connectivity index (χ1n) is 15.2. The lowest BCUT2D eigenvalue weighted by Crippen LogP contribution is -2.37. The molecule has 3 heteroatoms. The zero-order chi connectivity index (χ0) is 29.6. The molecule has 0 radical (unpaired) electrons. The Labute approximate surface area is 247 Å². The van der Waals surface area contributed by atoms with Crippen LogP contribution in [0.15, 0.2) is 54.7 Å². The maximum Gasteiger partial charge on any atom is 0.228 e. The molecule has 6 rings (SSSR count). The summed E-state index contributed by atoms with van der Waals surface area (Å²) < 4.78 is 9.43. The maximum atomic E-state index is 7.11. The lowest BCUT2D eigenvalue weighted by molar-refractivity contribution is -0.659. The van der Waals surface area contributed by atoms with Gasteiger partial charge in [0.1, 0.15) is 18.5 Å². The van der Waals surface area contributed by atoms with Crippen molar-refractivity contribution < 1.29 is 9.30 Å². The van der Waals surface area contributed by atoms with Crippen LogP contribution in [0.2, 0.25) is 19.6 Å². The fourth-order valence-electron chi connectivity index (χ4n) is 6.79. The predicted molar refractivity (Wildman–Crippen MR) is 180 cm³/mol. The second kappa shape index (κ2) is 9.16. The van der Waals surface area contributed by atoms with Gasteiger partial charge in [0.25, 0.3) is 0 Å². The molecule has 0 saturated carbocycles. The Morgan fingerprint density at radius 2 is 1.44 bits per heavy atom. The van der Waals surface area contributed by atoms with Crippen LogP contribution < -0.4 is 14.5 Å². The molecule has 0 saturated heterocycles. The minimum Gasteiger partial charge on any atom is -0.455 e. The molecule has 0 N–H and O–H groups in total. The smallest absolute Gasteiger partial charge is 0.228 e. The first kappa shape index (κ1) is 28.0. The molecule has 5 aromatic rings. The number of fused-ring (bicyclic) bond motifs is 5. The van der Waals surface area contributed by atoms with Crippen LogP contribution >= 0.6 is 0 Å². The van der Waals surface area contributed by atoms with E-state index >= 15 is 0 Å². The molecule has 1 aliphatic rings. The average Bonchev–Trinajstić information content (AvgIpc) is 2.85. The summed E-state index contributed by atoms with van der Waals surface area (Å²) in [5.74, 6) is 2.03. The van der Waals surface area contributed by atoms with E-state index in [9.17, 15) is 0 Å². The van der Waals surface area contributed by atoms with Gasteiger partial charge in [0.05, 0.1) is 19.0 Å². The minimum absolute atomic E-state index is 0.119. The largest absolute Gasteiger partial charge is 0.455 e. The van der Waals surface area contributed by atoms with Crippen molar-refractivity contribution in [3.63, 3.8) is 0 Å².